The summed E-state index contributed by atoms with van der Waals surface area (Å²) in [5, 5.41) is 9.91. The van der Waals surface area contributed by atoms with Gasteiger partial charge in [0.05, 0.1) is 25.9 Å². The van der Waals surface area contributed by atoms with Crippen molar-refractivity contribution >= 4 is 17.4 Å². The molecule has 0 spiro atoms. The van der Waals surface area contributed by atoms with Crippen molar-refractivity contribution in [3.05, 3.63) is 17.0 Å². The molecule has 0 radical (unpaired) electrons. The van der Waals surface area contributed by atoms with E-state index in [1.54, 1.807) is 0 Å². The van der Waals surface area contributed by atoms with Gasteiger partial charge in [-0.05, 0) is 5.92 Å². The summed E-state index contributed by atoms with van der Waals surface area (Å²) < 4.78 is 5.38. The predicted molar refractivity (Wildman–Crippen MR) is 70.2 cm³/mol. The van der Waals surface area contributed by atoms with E-state index >= 15 is 0 Å². The molecule has 1 aliphatic rings. The van der Waals surface area contributed by atoms with Crippen LogP contribution in [0.25, 0.3) is 0 Å². The van der Waals surface area contributed by atoms with Crippen LogP contribution in [-0.2, 0) is 4.74 Å². The summed E-state index contributed by atoms with van der Waals surface area (Å²) in [5.74, 6) is 1.04. The van der Waals surface area contributed by atoms with Crippen LogP contribution in [-0.4, -0.2) is 47.5 Å². The van der Waals surface area contributed by atoms with Gasteiger partial charge in [0.15, 0.2) is 0 Å². The fourth-order valence-corrected chi connectivity index (χ4v) is 2.52. The van der Waals surface area contributed by atoms with Crippen molar-refractivity contribution < 1.29 is 9.84 Å². The fourth-order valence-electron chi connectivity index (χ4n) is 2.18. The quantitative estimate of drug-likeness (QED) is 0.844. The van der Waals surface area contributed by atoms with Crippen LogP contribution in [0.5, 0.6) is 0 Å². The molecule has 5 nitrogen and oxygen atoms in total. The number of anilines is 1. The largest absolute Gasteiger partial charge is 0.394 e. The van der Waals surface area contributed by atoms with Crippen LogP contribution in [0.1, 0.15) is 25.3 Å². The third-order valence-corrected chi connectivity index (χ3v) is 3.40. The normalized spacial score (nSPS) is 20.5. The lowest BCUT2D eigenvalue weighted by Gasteiger charge is -2.36. The van der Waals surface area contributed by atoms with Gasteiger partial charge in [0, 0.05) is 12.1 Å². The smallest absolute Gasteiger partial charge is 0.138 e. The zero-order chi connectivity index (χ0) is 13.1. The molecule has 0 saturated carbocycles. The Morgan fingerprint density at radius 1 is 1.56 bits per heavy atom. The monoisotopic (exact) mass is 271 g/mol. The van der Waals surface area contributed by atoms with Crippen LogP contribution in [0, 0.1) is 0 Å². The second kappa shape index (κ2) is 5.82. The van der Waals surface area contributed by atoms with Crippen LogP contribution in [0.3, 0.4) is 0 Å². The highest BCUT2D eigenvalue weighted by molar-refractivity contribution is 6.30. The Bertz CT molecular complexity index is 414. The van der Waals surface area contributed by atoms with Crippen LogP contribution < -0.4 is 4.90 Å². The Labute approximate surface area is 112 Å². The molecule has 1 atom stereocenters. The molecule has 1 fully saturated rings. The van der Waals surface area contributed by atoms with Crippen molar-refractivity contribution in [1.29, 1.82) is 0 Å². The molecule has 2 heterocycles. The topological polar surface area (TPSA) is 58.5 Å². The van der Waals surface area contributed by atoms with E-state index < -0.39 is 0 Å². The van der Waals surface area contributed by atoms with E-state index in [2.05, 4.69) is 28.7 Å². The van der Waals surface area contributed by atoms with E-state index in [0.717, 1.165) is 11.4 Å². The number of aliphatic hydroxyl groups is 1. The van der Waals surface area contributed by atoms with Gasteiger partial charge in [-0.1, -0.05) is 25.4 Å². The Kier molecular flexibility index (Phi) is 4.37. The standard InChI is InChI=1S/C12H18ClN3O2/c1-8(2)10-11(13)14-7-15-12(10)16-3-4-18-6-9(16)5-17/h7-9,17H,3-6H2,1-2H3. The van der Waals surface area contributed by atoms with Crippen LogP contribution in [0.15, 0.2) is 6.33 Å². The van der Waals surface area contributed by atoms with Gasteiger partial charge in [0.1, 0.15) is 17.3 Å². The molecule has 0 bridgehead atoms. The average molecular weight is 272 g/mol. The second-order valence-electron chi connectivity index (χ2n) is 4.66. The highest BCUT2D eigenvalue weighted by atomic mass is 35.5. The van der Waals surface area contributed by atoms with E-state index in [-0.39, 0.29) is 18.6 Å². The zero-order valence-electron chi connectivity index (χ0n) is 10.6. The maximum absolute atomic E-state index is 9.42. The molecular weight excluding hydrogens is 254 g/mol. The van der Waals surface area contributed by atoms with Crippen LogP contribution in [0.4, 0.5) is 5.82 Å². The molecule has 0 aromatic carbocycles. The average Bonchev–Trinajstić information content (AvgIpc) is 2.38. The first kappa shape index (κ1) is 13.5. The summed E-state index contributed by atoms with van der Waals surface area (Å²) in [5.41, 5.74) is 0.930. The van der Waals surface area contributed by atoms with E-state index in [4.69, 9.17) is 16.3 Å². The number of aliphatic hydroxyl groups excluding tert-OH is 1. The van der Waals surface area contributed by atoms with Crippen molar-refractivity contribution in [1.82, 2.24) is 9.97 Å². The molecule has 100 valence electrons. The summed E-state index contributed by atoms with van der Waals surface area (Å²) in [6, 6.07) is -0.0674. The summed E-state index contributed by atoms with van der Waals surface area (Å²) in [7, 11) is 0. The van der Waals surface area contributed by atoms with Gasteiger partial charge < -0.3 is 14.7 Å². The van der Waals surface area contributed by atoms with Gasteiger partial charge in [-0.2, -0.15) is 0 Å². The highest BCUT2D eigenvalue weighted by Gasteiger charge is 2.27. The predicted octanol–water partition coefficient (Wildman–Crippen LogP) is 1.45. The molecule has 1 unspecified atom stereocenters. The van der Waals surface area contributed by atoms with Crippen molar-refractivity contribution in [3.63, 3.8) is 0 Å². The van der Waals surface area contributed by atoms with E-state index in [0.29, 0.717) is 24.9 Å². The molecule has 0 amide bonds. The summed E-state index contributed by atoms with van der Waals surface area (Å²) in [4.78, 5) is 10.4. The number of hydrogen-bond donors (Lipinski definition) is 1. The number of hydrogen-bond acceptors (Lipinski definition) is 5. The van der Waals surface area contributed by atoms with Gasteiger partial charge in [-0.15, -0.1) is 0 Å². The minimum Gasteiger partial charge on any atom is -0.394 e. The van der Waals surface area contributed by atoms with Gasteiger partial charge >= 0.3 is 0 Å². The van der Waals surface area contributed by atoms with Crippen LogP contribution in [0.2, 0.25) is 5.15 Å². The highest BCUT2D eigenvalue weighted by Crippen LogP contribution is 2.31. The lowest BCUT2D eigenvalue weighted by atomic mass is 10.0. The van der Waals surface area contributed by atoms with Gasteiger partial charge in [0.2, 0.25) is 0 Å². The van der Waals surface area contributed by atoms with E-state index in [1.165, 1.54) is 6.33 Å². The van der Waals surface area contributed by atoms with Crippen molar-refractivity contribution in [3.8, 4) is 0 Å². The zero-order valence-corrected chi connectivity index (χ0v) is 11.4. The molecule has 0 aliphatic carbocycles. The minimum atomic E-state index is -0.0674. The Hall–Kier alpha value is -0.910. The summed E-state index contributed by atoms with van der Waals surface area (Å²) >= 11 is 6.16. The summed E-state index contributed by atoms with van der Waals surface area (Å²) in [6.45, 7) is 6.01. The number of halogens is 1. The third-order valence-electron chi connectivity index (χ3n) is 3.10. The molecule has 1 saturated heterocycles. The third kappa shape index (κ3) is 2.58. The lowest BCUT2D eigenvalue weighted by molar-refractivity contribution is 0.0721. The number of nitrogens with zero attached hydrogens (tertiary/aromatic N) is 3. The maximum Gasteiger partial charge on any atom is 0.138 e. The molecule has 1 aromatic heterocycles. The van der Waals surface area contributed by atoms with Gasteiger partial charge in [-0.3, -0.25) is 0 Å². The van der Waals surface area contributed by atoms with Crippen LogP contribution >= 0.6 is 11.6 Å². The Balaban J connectivity index is 2.39. The SMILES string of the molecule is CC(C)c1c(Cl)ncnc1N1CCOCC1CO. The molecule has 6 heteroatoms. The number of ether oxygens (including phenoxy) is 1. The molecule has 18 heavy (non-hydrogen) atoms. The Morgan fingerprint density at radius 3 is 3.00 bits per heavy atom. The molecular formula is C12H18ClN3O2. The maximum atomic E-state index is 9.42. The molecule has 1 aromatic rings. The first-order valence-corrected chi connectivity index (χ1v) is 6.48. The van der Waals surface area contributed by atoms with Gasteiger partial charge in [-0.25, -0.2) is 9.97 Å². The minimum absolute atomic E-state index is 0.0408. The van der Waals surface area contributed by atoms with E-state index in [1.807, 2.05) is 0 Å². The summed E-state index contributed by atoms with van der Waals surface area (Å²) in [6.07, 6.45) is 1.47. The second-order valence-corrected chi connectivity index (χ2v) is 5.02. The molecule has 1 aliphatic heterocycles. The van der Waals surface area contributed by atoms with Crippen molar-refractivity contribution in [2.45, 2.75) is 25.8 Å². The van der Waals surface area contributed by atoms with E-state index in [9.17, 15) is 5.11 Å². The number of rotatable bonds is 3. The first-order valence-electron chi connectivity index (χ1n) is 6.10. The van der Waals surface area contributed by atoms with Crippen molar-refractivity contribution in [2.75, 3.05) is 31.3 Å². The number of morpholine rings is 1. The lowest BCUT2D eigenvalue weighted by Crippen LogP contribution is -2.48. The number of aromatic nitrogens is 2. The fraction of sp³-hybridized carbons (Fsp3) is 0.667. The molecule has 2 rings (SSSR count). The van der Waals surface area contributed by atoms with Crippen molar-refractivity contribution in [2.24, 2.45) is 0 Å². The Morgan fingerprint density at radius 2 is 2.33 bits per heavy atom. The molecule has 1 N–H and O–H groups in total. The van der Waals surface area contributed by atoms with Gasteiger partial charge in [0.25, 0.3) is 0 Å². The first-order chi connectivity index (χ1) is 8.65.